The molecule has 1 amide bonds. The lowest BCUT2D eigenvalue weighted by Crippen LogP contribution is -2.33. The van der Waals surface area contributed by atoms with Gasteiger partial charge in [0.15, 0.2) is 0 Å². The highest BCUT2D eigenvalue weighted by molar-refractivity contribution is 5.77. The second-order valence-corrected chi connectivity index (χ2v) is 6.10. The molecule has 0 atom stereocenters. The van der Waals surface area contributed by atoms with Crippen LogP contribution in [0.1, 0.15) is 90.9 Å². The van der Waals surface area contributed by atoms with Crippen LogP contribution in [-0.2, 0) is 9.59 Å². The first-order valence-electron chi connectivity index (χ1n) is 9.11. The molecule has 1 N–H and O–H groups in total. The summed E-state index contributed by atoms with van der Waals surface area (Å²) in [6, 6.07) is 0. The molecule has 0 radical (unpaired) electrons. The van der Waals surface area contributed by atoms with Crippen molar-refractivity contribution in [3.63, 3.8) is 0 Å². The molecule has 0 heterocycles. The van der Waals surface area contributed by atoms with E-state index in [-0.39, 0.29) is 12.3 Å². The zero-order valence-corrected chi connectivity index (χ0v) is 14.6. The van der Waals surface area contributed by atoms with Crippen molar-refractivity contribution >= 4 is 11.9 Å². The van der Waals surface area contributed by atoms with Crippen molar-refractivity contribution in [1.82, 2.24) is 4.90 Å². The average molecular weight is 313 g/mol. The van der Waals surface area contributed by atoms with Crippen molar-refractivity contribution in [2.45, 2.75) is 90.9 Å². The molecule has 0 saturated carbocycles. The van der Waals surface area contributed by atoms with E-state index in [9.17, 15) is 9.59 Å². The van der Waals surface area contributed by atoms with Crippen LogP contribution in [0.2, 0.25) is 0 Å². The smallest absolute Gasteiger partial charge is 0.305 e. The number of unbranched alkanes of at least 4 members (excludes halogenated alkanes) is 8. The second-order valence-electron chi connectivity index (χ2n) is 6.10. The molecule has 0 aromatic rings. The van der Waals surface area contributed by atoms with Crippen LogP contribution < -0.4 is 0 Å². The predicted molar refractivity (Wildman–Crippen MR) is 91.0 cm³/mol. The van der Waals surface area contributed by atoms with Crippen LogP contribution in [0, 0.1) is 0 Å². The Morgan fingerprint density at radius 3 is 1.77 bits per heavy atom. The van der Waals surface area contributed by atoms with Crippen LogP contribution in [0.15, 0.2) is 0 Å². The van der Waals surface area contributed by atoms with Crippen LogP contribution in [0.3, 0.4) is 0 Å². The van der Waals surface area contributed by atoms with Crippen molar-refractivity contribution in [2.75, 3.05) is 13.1 Å². The zero-order valence-electron chi connectivity index (χ0n) is 14.6. The molecule has 4 nitrogen and oxygen atoms in total. The van der Waals surface area contributed by atoms with Gasteiger partial charge in [0.1, 0.15) is 0 Å². The molecule has 0 fully saturated rings. The van der Waals surface area contributed by atoms with Crippen LogP contribution in [0.5, 0.6) is 0 Å². The summed E-state index contributed by atoms with van der Waals surface area (Å²) < 4.78 is 0. The van der Waals surface area contributed by atoms with Gasteiger partial charge in [0, 0.05) is 19.5 Å². The lowest BCUT2D eigenvalue weighted by Gasteiger charge is -2.21. The summed E-state index contributed by atoms with van der Waals surface area (Å²) in [6.07, 6.45) is 12.7. The molecular formula is C18H35NO3. The van der Waals surface area contributed by atoms with Gasteiger partial charge in [-0.15, -0.1) is 0 Å². The standard InChI is InChI=1S/C18H35NO3/c1-3-5-6-7-8-9-10-11-12-13-17(20)19(15-4-2)16-14-18(21)22/h3-16H2,1-2H3,(H,21,22). The minimum absolute atomic E-state index is 0.0451. The number of rotatable bonds is 15. The highest BCUT2D eigenvalue weighted by Crippen LogP contribution is 2.11. The van der Waals surface area contributed by atoms with Gasteiger partial charge in [-0.25, -0.2) is 0 Å². The Morgan fingerprint density at radius 1 is 0.727 bits per heavy atom. The quantitative estimate of drug-likeness (QED) is 0.449. The molecule has 0 aliphatic carbocycles. The van der Waals surface area contributed by atoms with Crippen molar-refractivity contribution in [1.29, 1.82) is 0 Å². The molecule has 0 aliphatic rings. The van der Waals surface area contributed by atoms with Gasteiger partial charge in [-0.2, -0.15) is 0 Å². The monoisotopic (exact) mass is 313 g/mol. The molecule has 0 aliphatic heterocycles. The SMILES string of the molecule is CCCCCCCCCCCC(=O)N(CCC)CCC(=O)O. The van der Waals surface area contributed by atoms with Crippen molar-refractivity contribution < 1.29 is 14.7 Å². The number of carbonyl (C=O) groups is 2. The van der Waals surface area contributed by atoms with E-state index in [0.29, 0.717) is 19.5 Å². The number of hydrogen-bond donors (Lipinski definition) is 1. The Balaban J connectivity index is 3.65. The van der Waals surface area contributed by atoms with Crippen LogP contribution >= 0.6 is 0 Å². The first-order chi connectivity index (χ1) is 10.6. The third-order valence-electron chi connectivity index (χ3n) is 3.94. The average Bonchev–Trinajstić information content (AvgIpc) is 2.49. The van der Waals surface area contributed by atoms with E-state index < -0.39 is 5.97 Å². The topological polar surface area (TPSA) is 57.6 Å². The predicted octanol–water partition coefficient (Wildman–Crippen LogP) is 4.62. The van der Waals surface area contributed by atoms with E-state index in [4.69, 9.17) is 5.11 Å². The van der Waals surface area contributed by atoms with E-state index in [1.54, 1.807) is 4.90 Å². The Bertz CT molecular complexity index is 292. The molecular weight excluding hydrogens is 278 g/mol. The molecule has 0 saturated heterocycles. The van der Waals surface area contributed by atoms with E-state index in [0.717, 1.165) is 19.3 Å². The van der Waals surface area contributed by atoms with Crippen LogP contribution in [0.4, 0.5) is 0 Å². The highest BCUT2D eigenvalue weighted by Gasteiger charge is 2.13. The molecule has 0 spiro atoms. The van der Waals surface area contributed by atoms with Crippen LogP contribution in [-0.4, -0.2) is 35.0 Å². The molecule has 22 heavy (non-hydrogen) atoms. The van der Waals surface area contributed by atoms with Gasteiger partial charge in [-0.05, 0) is 12.8 Å². The van der Waals surface area contributed by atoms with Crippen molar-refractivity contribution in [3.05, 3.63) is 0 Å². The maximum atomic E-state index is 12.1. The normalized spacial score (nSPS) is 10.6. The fourth-order valence-electron chi connectivity index (χ4n) is 2.61. The number of hydrogen-bond acceptors (Lipinski definition) is 2. The molecule has 4 heteroatoms. The van der Waals surface area contributed by atoms with Gasteiger partial charge < -0.3 is 10.0 Å². The fraction of sp³-hybridized carbons (Fsp3) is 0.889. The number of aliphatic carboxylic acids is 1. The molecule has 0 aromatic carbocycles. The third-order valence-corrected chi connectivity index (χ3v) is 3.94. The summed E-state index contributed by atoms with van der Waals surface area (Å²) in [5.41, 5.74) is 0. The van der Waals surface area contributed by atoms with Crippen LogP contribution in [0.25, 0.3) is 0 Å². The maximum Gasteiger partial charge on any atom is 0.305 e. The Kier molecular flexibility index (Phi) is 14.1. The Hall–Kier alpha value is -1.06. The number of amides is 1. The number of nitrogens with zero attached hydrogens (tertiary/aromatic N) is 1. The molecule has 0 rings (SSSR count). The van der Waals surface area contributed by atoms with Gasteiger partial charge in [-0.1, -0.05) is 65.2 Å². The minimum atomic E-state index is -0.836. The Morgan fingerprint density at radius 2 is 1.27 bits per heavy atom. The summed E-state index contributed by atoms with van der Waals surface area (Å²) in [4.78, 5) is 24.4. The van der Waals surface area contributed by atoms with Gasteiger partial charge >= 0.3 is 5.97 Å². The third kappa shape index (κ3) is 12.7. The van der Waals surface area contributed by atoms with Crippen molar-refractivity contribution in [2.24, 2.45) is 0 Å². The van der Waals surface area contributed by atoms with E-state index >= 15 is 0 Å². The summed E-state index contributed by atoms with van der Waals surface area (Å²) in [5, 5.41) is 8.72. The maximum absolute atomic E-state index is 12.1. The molecule has 0 bridgehead atoms. The largest absolute Gasteiger partial charge is 0.481 e. The second kappa shape index (κ2) is 14.9. The number of carboxylic acid groups (broad SMARTS) is 1. The van der Waals surface area contributed by atoms with Crippen molar-refractivity contribution in [3.8, 4) is 0 Å². The summed E-state index contributed by atoms with van der Waals surface area (Å²) in [7, 11) is 0. The van der Waals surface area contributed by atoms with Gasteiger partial charge in [0.2, 0.25) is 5.91 Å². The van der Waals surface area contributed by atoms with Gasteiger partial charge in [0.05, 0.1) is 6.42 Å². The minimum Gasteiger partial charge on any atom is -0.481 e. The summed E-state index contributed by atoms with van der Waals surface area (Å²) in [5.74, 6) is -0.719. The van der Waals surface area contributed by atoms with E-state index in [2.05, 4.69) is 6.92 Å². The first kappa shape index (κ1) is 20.9. The first-order valence-corrected chi connectivity index (χ1v) is 9.11. The molecule has 130 valence electrons. The fourth-order valence-corrected chi connectivity index (χ4v) is 2.61. The van der Waals surface area contributed by atoms with Gasteiger partial charge in [0.25, 0.3) is 0 Å². The summed E-state index contributed by atoms with van der Waals surface area (Å²) >= 11 is 0. The lowest BCUT2D eigenvalue weighted by molar-refractivity contribution is -0.138. The van der Waals surface area contributed by atoms with E-state index in [1.165, 1.54) is 44.9 Å². The lowest BCUT2D eigenvalue weighted by atomic mass is 10.1. The molecule has 0 aromatic heterocycles. The summed E-state index contributed by atoms with van der Waals surface area (Å²) in [6.45, 7) is 5.26. The number of carboxylic acids is 1. The number of carbonyl (C=O) groups excluding carboxylic acids is 1. The highest BCUT2D eigenvalue weighted by atomic mass is 16.4. The van der Waals surface area contributed by atoms with Gasteiger partial charge in [-0.3, -0.25) is 9.59 Å². The zero-order chi connectivity index (χ0) is 16.6. The molecule has 0 unspecified atom stereocenters. The van der Waals surface area contributed by atoms with E-state index in [1.807, 2.05) is 6.92 Å². The Labute approximate surface area is 136 Å².